The lowest BCUT2D eigenvalue weighted by Crippen LogP contribution is -2.04. The van der Waals surface area contributed by atoms with Gasteiger partial charge in [0.05, 0.1) is 26.3 Å². The van der Waals surface area contributed by atoms with Crippen molar-refractivity contribution >= 4 is 27.1 Å². The number of phenolic OH excluding ortho intramolecular Hbond substituents is 2. The van der Waals surface area contributed by atoms with Crippen LogP contribution < -0.4 is 0 Å². The Bertz CT molecular complexity index is 965. The number of halogens is 1. The molecule has 0 atom stereocenters. The van der Waals surface area contributed by atoms with E-state index < -0.39 is 36.8 Å². The summed E-state index contributed by atoms with van der Waals surface area (Å²) >= 11 is 5.75. The van der Waals surface area contributed by atoms with Crippen molar-refractivity contribution in [2.45, 2.75) is 9.79 Å². The standard InChI is InChI=1S/C13H7ClN2O6S/c14-8-1-7(6-15)2-9(3-8)23(21,22)10-4-11(16(19)20)13(18)12(17)5-10/h1-5,17-18H. The average molecular weight is 355 g/mol. The second kappa shape index (κ2) is 5.75. The molecule has 10 heteroatoms. The van der Waals surface area contributed by atoms with Gasteiger partial charge in [0.25, 0.3) is 0 Å². The molecule has 0 radical (unpaired) electrons. The van der Waals surface area contributed by atoms with Crippen molar-refractivity contribution in [3.05, 3.63) is 51.0 Å². The van der Waals surface area contributed by atoms with Crippen molar-refractivity contribution < 1.29 is 23.6 Å². The fraction of sp³-hybridized carbons (Fsp3) is 0. The van der Waals surface area contributed by atoms with Crippen LogP contribution in [-0.4, -0.2) is 23.6 Å². The highest BCUT2D eigenvalue weighted by Gasteiger charge is 2.26. The number of hydrogen-bond acceptors (Lipinski definition) is 7. The molecule has 0 aliphatic carbocycles. The summed E-state index contributed by atoms with van der Waals surface area (Å²) < 4.78 is 25.0. The topological polar surface area (TPSA) is 142 Å². The van der Waals surface area contributed by atoms with Crippen LogP contribution in [0.2, 0.25) is 5.02 Å². The highest BCUT2D eigenvalue weighted by atomic mass is 35.5. The number of sulfone groups is 1. The molecule has 2 N–H and O–H groups in total. The Morgan fingerprint density at radius 2 is 1.74 bits per heavy atom. The molecule has 0 saturated heterocycles. The SMILES string of the molecule is N#Cc1cc(Cl)cc(S(=O)(=O)c2cc(O)c(O)c([N+](=O)[O-])c2)c1. The largest absolute Gasteiger partial charge is 0.504 e. The maximum absolute atomic E-state index is 12.5. The van der Waals surface area contributed by atoms with Crippen molar-refractivity contribution in [1.82, 2.24) is 0 Å². The van der Waals surface area contributed by atoms with Crippen molar-refractivity contribution in [1.29, 1.82) is 5.26 Å². The molecule has 0 bridgehead atoms. The lowest BCUT2D eigenvalue weighted by Gasteiger charge is -2.07. The van der Waals surface area contributed by atoms with Crippen LogP contribution in [0, 0.1) is 21.4 Å². The first-order valence-electron chi connectivity index (χ1n) is 5.83. The highest BCUT2D eigenvalue weighted by Crippen LogP contribution is 2.39. The fourth-order valence-corrected chi connectivity index (χ4v) is 3.46. The van der Waals surface area contributed by atoms with Crippen molar-refractivity contribution in [3.63, 3.8) is 0 Å². The molecule has 2 aromatic rings. The molecule has 118 valence electrons. The van der Waals surface area contributed by atoms with Gasteiger partial charge in [0.1, 0.15) is 0 Å². The van der Waals surface area contributed by atoms with Gasteiger partial charge in [-0.05, 0) is 18.2 Å². The fourth-order valence-electron chi connectivity index (χ4n) is 1.79. The molecule has 0 heterocycles. The lowest BCUT2D eigenvalue weighted by molar-refractivity contribution is -0.386. The van der Waals surface area contributed by atoms with Gasteiger partial charge in [-0.15, -0.1) is 0 Å². The highest BCUT2D eigenvalue weighted by molar-refractivity contribution is 7.91. The zero-order chi connectivity index (χ0) is 17.4. The van der Waals surface area contributed by atoms with E-state index in [9.17, 15) is 28.7 Å². The number of nitrogens with zero attached hydrogens (tertiary/aromatic N) is 2. The maximum atomic E-state index is 12.5. The number of aromatic hydroxyl groups is 2. The molecular weight excluding hydrogens is 348 g/mol. The molecule has 0 fully saturated rings. The zero-order valence-electron chi connectivity index (χ0n) is 11.1. The Kier molecular flexibility index (Phi) is 4.14. The molecule has 8 nitrogen and oxygen atoms in total. The quantitative estimate of drug-likeness (QED) is 0.489. The van der Waals surface area contributed by atoms with Crippen LogP contribution in [0.3, 0.4) is 0 Å². The Labute approximate surface area is 134 Å². The third-order valence-corrected chi connectivity index (χ3v) is 4.79. The van der Waals surface area contributed by atoms with Gasteiger partial charge in [-0.3, -0.25) is 10.1 Å². The molecule has 0 aliphatic heterocycles. The van der Waals surface area contributed by atoms with Crippen molar-refractivity contribution in [3.8, 4) is 17.6 Å². The molecule has 23 heavy (non-hydrogen) atoms. The van der Waals surface area contributed by atoms with Crippen LogP contribution in [0.15, 0.2) is 40.1 Å². The zero-order valence-corrected chi connectivity index (χ0v) is 12.7. The van der Waals surface area contributed by atoms with Crippen LogP contribution in [0.4, 0.5) is 5.69 Å². The average Bonchev–Trinajstić information content (AvgIpc) is 2.48. The van der Waals surface area contributed by atoms with E-state index in [4.69, 9.17) is 16.9 Å². The van der Waals surface area contributed by atoms with Crippen LogP contribution in [0.1, 0.15) is 5.56 Å². The number of nitro groups is 1. The van der Waals surface area contributed by atoms with Gasteiger partial charge in [-0.2, -0.15) is 5.26 Å². The molecule has 2 rings (SSSR count). The van der Waals surface area contributed by atoms with E-state index in [0.29, 0.717) is 12.1 Å². The van der Waals surface area contributed by atoms with Crippen LogP contribution in [0.25, 0.3) is 0 Å². The van der Waals surface area contributed by atoms with Gasteiger partial charge >= 0.3 is 5.69 Å². The maximum Gasteiger partial charge on any atom is 0.315 e. The Morgan fingerprint density at radius 1 is 1.13 bits per heavy atom. The van der Waals surface area contributed by atoms with Crippen LogP contribution in [0.5, 0.6) is 11.5 Å². The summed E-state index contributed by atoms with van der Waals surface area (Å²) in [4.78, 5) is 8.79. The van der Waals surface area contributed by atoms with E-state index >= 15 is 0 Å². The molecule has 0 aromatic heterocycles. The number of nitriles is 1. The minimum absolute atomic E-state index is 0.0138. The minimum Gasteiger partial charge on any atom is -0.504 e. The Hall–Kier alpha value is -2.83. The van der Waals surface area contributed by atoms with E-state index in [0.717, 1.165) is 12.1 Å². The second-order valence-corrected chi connectivity index (χ2v) is 6.74. The van der Waals surface area contributed by atoms with Crippen LogP contribution >= 0.6 is 11.6 Å². The van der Waals surface area contributed by atoms with Gasteiger partial charge < -0.3 is 10.2 Å². The summed E-state index contributed by atoms with van der Waals surface area (Å²) in [6.45, 7) is 0. The minimum atomic E-state index is -4.30. The third-order valence-electron chi connectivity index (χ3n) is 2.86. The van der Waals surface area contributed by atoms with Crippen molar-refractivity contribution in [2.75, 3.05) is 0 Å². The van der Waals surface area contributed by atoms with Gasteiger partial charge in [0.2, 0.25) is 15.6 Å². The first-order chi connectivity index (χ1) is 10.7. The summed E-state index contributed by atoms with van der Waals surface area (Å²) in [6, 6.07) is 6.36. The van der Waals surface area contributed by atoms with Gasteiger partial charge in [-0.25, -0.2) is 8.42 Å². The van der Waals surface area contributed by atoms with E-state index in [1.165, 1.54) is 6.07 Å². The van der Waals surface area contributed by atoms with E-state index in [-0.39, 0.29) is 15.5 Å². The normalized spacial score (nSPS) is 11.0. The predicted octanol–water partition coefficient (Wildman–Crippen LogP) is 2.36. The van der Waals surface area contributed by atoms with Crippen LogP contribution in [-0.2, 0) is 9.84 Å². The third kappa shape index (κ3) is 3.03. The summed E-state index contributed by atoms with van der Waals surface area (Å²) in [7, 11) is -4.30. The predicted molar refractivity (Wildman–Crippen MR) is 78.0 cm³/mol. The molecule has 0 spiro atoms. The Balaban J connectivity index is 2.73. The molecule has 2 aromatic carbocycles. The van der Waals surface area contributed by atoms with Crippen molar-refractivity contribution in [2.24, 2.45) is 0 Å². The van der Waals surface area contributed by atoms with Gasteiger partial charge in [0.15, 0.2) is 5.75 Å². The summed E-state index contributed by atoms with van der Waals surface area (Å²) in [6.07, 6.45) is 0. The second-order valence-electron chi connectivity index (χ2n) is 4.36. The first-order valence-corrected chi connectivity index (χ1v) is 7.69. The van der Waals surface area contributed by atoms with Gasteiger partial charge in [0, 0.05) is 17.2 Å². The first kappa shape index (κ1) is 16.5. The van der Waals surface area contributed by atoms with E-state index in [2.05, 4.69) is 0 Å². The number of nitro benzene ring substituents is 1. The number of phenols is 2. The molecule has 0 amide bonds. The molecule has 0 unspecified atom stereocenters. The lowest BCUT2D eigenvalue weighted by atomic mass is 10.2. The summed E-state index contributed by atoms with van der Waals surface area (Å²) in [5.74, 6) is -2.00. The number of hydrogen-bond donors (Lipinski definition) is 2. The molecular formula is C13H7ClN2O6S. The summed E-state index contributed by atoms with van der Waals surface area (Å²) in [5, 5.41) is 38.6. The Morgan fingerprint density at radius 3 is 2.30 bits per heavy atom. The monoisotopic (exact) mass is 354 g/mol. The van der Waals surface area contributed by atoms with E-state index in [1.54, 1.807) is 6.07 Å². The van der Waals surface area contributed by atoms with E-state index in [1.807, 2.05) is 0 Å². The molecule has 0 saturated carbocycles. The number of rotatable bonds is 3. The van der Waals surface area contributed by atoms with Gasteiger partial charge in [-0.1, -0.05) is 11.6 Å². The smallest absolute Gasteiger partial charge is 0.315 e. The number of benzene rings is 2. The summed E-state index contributed by atoms with van der Waals surface area (Å²) in [5.41, 5.74) is -0.986. The molecule has 0 aliphatic rings.